The summed E-state index contributed by atoms with van der Waals surface area (Å²) in [6.07, 6.45) is 1.78. The van der Waals surface area contributed by atoms with Crippen LogP contribution in [0.25, 0.3) is 0 Å². The third-order valence-electron chi connectivity index (χ3n) is 5.38. The summed E-state index contributed by atoms with van der Waals surface area (Å²) in [5.41, 5.74) is 1.44. The van der Waals surface area contributed by atoms with Gasteiger partial charge in [-0.05, 0) is 49.1 Å². The molecule has 28 heavy (non-hydrogen) atoms. The Labute approximate surface area is 171 Å². The van der Waals surface area contributed by atoms with Gasteiger partial charge in [0.15, 0.2) is 0 Å². The normalized spacial score (nSPS) is 21.5. The van der Waals surface area contributed by atoms with Crippen LogP contribution in [0, 0.1) is 0 Å². The minimum Gasteiger partial charge on any atom is -0.319 e. The van der Waals surface area contributed by atoms with E-state index in [2.05, 4.69) is 21.2 Å². The van der Waals surface area contributed by atoms with Crippen LogP contribution in [0.2, 0.25) is 0 Å². The van der Waals surface area contributed by atoms with Gasteiger partial charge in [-0.2, -0.15) is 0 Å². The topological polar surface area (TPSA) is 69.7 Å². The molecule has 1 atom stereocenters. The first-order valence-electron chi connectivity index (χ1n) is 9.18. The molecule has 0 radical (unpaired) electrons. The van der Waals surface area contributed by atoms with Crippen molar-refractivity contribution < 1.29 is 14.4 Å². The van der Waals surface area contributed by atoms with Crippen LogP contribution in [0.15, 0.2) is 53.0 Å². The van der Waals surface area contributed by atoms with Crippen LogP contribution in [0.4, 0.5) is 10.5 Å². The highest BCUT2D eigenvalue weighted by Gasteiger charge is 2.49. The third-order valence-corrected chi connectivity index (χ3v) is 5.87. The summed E-state index contributed by atoms with van der Waals surface area (Å²) in [5, 5.41) is 2.75. The van der Waals surface area contributed by atoms with Gasteiger partial charge in [0.2, 0.25) is 5.91 Å². The first-order chi connectivity index (χ1) is 13.4. The molecule has 0 saturated carbocycles. The molecule has 6 nitrogen and oxygen atoms in total. The lowest BCUT2D eigenvalue weighted by atomic mass is 9.92. The summed E-state index contributed by atoms with van der Waals surface area (Å²) >= 11 is 3.39. The van der Waals surface area contributed by atoms with E-state index in [9.17, 15) is 14.4 Å². The molecule has 1 fully saturated rings. The van der Waals surface area contributed by atoms with Crippen molar-refractivity contribution >= 4 is 39.5 Å². The molecule has 1 N–H and O–H groups in total. The van der Waals surface area contributed by atoms with Gasteiger partial charge in [-0.1, -0.05) is 46.3 Å². The van der Waals surface area contributed by atoms with E-state index in [1.165, 1.54) is 0 Å². The average Bonchev–Trinajstić information content (AvgIpc) is 2.91. The van der Waals surface area contributed by atoms with E-state index in [1.807, 2.05) is 36.4 Å². The molecule has 144 valence electrons. The molecule has 2 aliphatic rings. The van der Waals surface area contributed by atoms with Crippen LogP contribution in [0.5, 0.6) is 0 Å². The molecular weight excluding hydrogens is 422 g/mol. The van der Waals surface area contributed by atoms with Crippen LogP contribution in [-0.2, 0) is 21.5 Å². The molecule has 4 amide bonds. The molecule has 0 bridgehead atoms. The highest BCUT2D eigenvalue weighted by Crippen LogP contribution is 2.31. The number of benzene rings is 2. The number of anilines is 1. The average molecular weight is 442 g/mol. The van der Waals surface area contributed by atoms with Gasteiger partial charge in [0, 0.05) is 16.7 Å². The molecule has 1 unspecified atom stereocenters. The first-order valence-corrected chi connectivity index (χ1v) is 9.98. The first kappa shape index (κ1) is 18.7. The van der Waals surface area contributed by atoms with Crippen molar-refractivity contribution in [2.75, 3.05) is 18.0 Å². The lowest BCUT2D eigenvalue weighted by Gasteiger charge is -2.30. The number of para-hydroxylation sites is 1. The number of nitrogens with zero attached hydrogens (tertiary/aromatic N) is 2. The Morgan fingerprint density at radius 3 is 2.75 bits per heavy atom. The maximum atomic E-state index is 13.1. The molecule has 0 aliphatic carbocycles. The molecule has 2 aromatic rings. The summed E-state index contributed by atoms with van der Waals surface area (Å²) in [7, 11) is 0. The zero-order chi connectivity index (χ0) is 19.9. The molecule has 1 saturated heterocycles. The van der Waals surface area contributed by atoms with Crippen LogP contribution in [-0.4, -0.2) is 35.8 Å². The second kappa shape index (κ2) is 7.05. The summed E-state index contributed by atoms with van der Waals surface area (Å²) < 4.78 is 0.813. The predicted molar refractivity (Wildman–Crippen MR) is 109 cm³/mol. The van der Waals surface area contributed by atoms with Gasteiger partial charge in [-0.15, -0.1) is 0 Å². The lowest BCUT2D eigenvalue weighted by molar-refractivity contribution is -0.134. The van der Waals surface area contributed by atoms with Gasteiger partial charge in [0.05, 0.1) is 0 Å². The fourth-order valence-electron chi connectivity index (χ4n) is 3.85. The van der Waals surface area contributed by atoms with Crippen molar-refractivity contribution in [3.05, 3.63) is 64.1 Å². The molecule has 0 aromatic heterocycles. The highest BCUT2D eigenvalue weighted by atomic mass is 79.9. The molecule has 2 aromatic carbocycles. The van der Waals surface area contributed by atoms with Crippen molar-refractivity contribution in [3.63, 3.8) is 0 Å². The maximum absolute atomic E-state index is 13.1. The number of aryl methyl sites for hydroxylation is 1. The van der Waals surface area contributed by atoms with Gasteiger partial charge in [-0.25, -0.2) is 4.79 Å². The fourth-order valence-corrected chi connectivity index (χ4v) is 4.25. The lowest BCUT2D eigenvalue weighted by Crippen LogP contribution is -2.46. The van der Waals surface area contributed by atoms with E-state index in [0.717, 1.165) is 33.5 Å². The molecular formula is C21H20BrN3O3. The Morgan fingerprint density at radius 2 is 1.96 bits per heavy atom. The van der Waals surface area contributed by atoms with Crippen molar-refractivity contribution in [1.82, 2.24) is 10.2 Å². The van der Waals surface area contributed by atoms with Gasteiger partial charge >= 0.3 is 6.03 Å². The Balaban J connectivity index is 1.57. The molecule has 4 rings (SSSR count). The fraction of sp³-hybridized carbons (Fsp3) is 0.286. The maximum Gasteiger partial charge on any atom is 0.325 e. The Morgan fingerprint density at radius 1 is 1.18 bits per heavy atom. The molecule has 7 heteroatoms. The summed E-state index contributed by atoms with van der Waals surface area (Å²) in [6.45, 7) is 1.97. The molecule has 2 aliphatic heterocycles. The number of fused-ring (bicyclic) bond motifs is 1. The number of carbonyl (C=O) groups is 3. The highest BCUT2D eigenvalue weighted by molar-refractivity contribution is 9.10. The number of nitrogens with one attached hydrogen (secondary N) is 1. The standard InChI is InChI=1S/C21H20BrN3O3/c1-21(15-8-4-9-16(22)12-15)19(27)25(20(28)23-21)13-18(26)24-11-5-7-14-6-2-3-10-17(14)24/h2-4,6,8-10,12H,5,7,11,13H2,1H3,(H,23,28). The van der Waals surface area contributed by atoms with E-state index >= 15 is 0 Å². The smallest absolute Gasteiger partial charge is 0.319 e. The van der Waals surface area contributed by atoms with E-state index in [-0.39, 0.29) is 12.5 Å². The third kappa shape index (κ3) is 3.09. The van der Waals surface area contributed by atoms with E-state index in [1.54, 1.807) is 24.0 Å². The van der Waals surface area contributed by atoms with Crippen LogP contribution < -0.4 is 10.2 Å². The van der Waals surface area contributed by atoms with E-state index < -0.39 is 17.5 Å². The Kier molecular flexibility index (Phi) is 4.71. The minimum atomic E-state index is -1.19. The van der Waals surface area contributed by atoms with Gasteiger partial charge in [-0.3, -0.25) is 14.5 Å². The summed E-state index contributed by atoms with van der Waals surface area (Å²) in [6, 6.07) is 14.4. The number of urea groups is 1. The molecule has 2 heterocycles. The Hall–Kier alpha value is -2.67. The second-order valence-electron chi connectivity index (χ2n) is 7.23. The van der Waals surface area contributed by atoms with Crippen molar-refractivity contribution in [1.29, 1.82) is 0 Å². The molecule has 0 spiro atoms. The van der Waals surface area contributed by atoms with Crippen molar-refractivity contribution in [3.8, 4) is 0 Å². The number of carbonyl (C=O) groups excluding carboxylic acids is 3. The number of rotatable bonds is 3. The van der Waals surface area contributed by atoms with Crippen LogP contribution >= 0.6 is 15.9 Å². The summed E-state index contributed by atoms with van der Waals surface area (Å²) in [4.78, 5) is 41.2. The number of imide groups is 1. The minimum absolute atomic E-state index is 0.255. The van der Waals surface area contributed by atoms with E-state index in [4.69, 9.17) is 0 Å². The predicted octanol–water partition coefficient (Wildman–Crippen LogP) is 3.20. The quantitative estimate of drug-likeness (QED) is 0.743. The zero-order valence-electron chi connectivity index (χ0n) is 15.4. The van der Waals surface area contributed by atoms with E-state index in [0.29, 0.717) is 12.1 Å². The monoisotopic (exact) mass is 441 g/mol. The van der Waals surface area contributed by atoms with Crippen molar-refractivity contribution in [2.45, 2.75) is 25.3 Å². The van der Waals surface area contributed by atoms with Gasteiger partial charge in [0.25, 0.3) is 5.91 Å². The van der Waals surface area contributed by atoms with Gasteiger partial charge in [0.1, 0.15) is 12.1 Å². The largest absolute Gasteiger partial charge is 0.325 e. The number of amides is 4. The number of halogens is 1. The van der Waals surface area contributed by atoms with Crippen LogP contribution in [0.1, 0.15) is 24.5 Å². The SMILES string of the molecule is CC1(c2cccc(Br)c2)NC(=O)N(CC(=O)N2CCCc3ccccc32)C1=O. The number of hydrogen-bond acceptors (Lipinski definition) is 3. The van der Waals surface area contributed by atoms with Gasteiger partial charge < -0.3 is 10.2 Å². The number of hydrogen-bond donors (Lipinski definition) is 1. The second-order valence-corrected chi connectivity index (χ2v) is 8.15. The Bertz CT molecular complexity index is 977. The zero-order valence-corrected chi connectivity index (χ0v) is 17.0. The van der Waals surface area contributed by atoms with Crippen molar-refractivity contribution in [2.24, 2.45) is 0 Å². The van der Waals surface area contributed by atoms with Crippen LogP contribution in [0.3, 0.4) is 0 Å². The summed E-state index contributed by atoms with van der Waals surface area (Å²) in [5.74, 6) is -0.677.